The van der Waals surface area contributed by atoms with Crippen LogP contribution in [0.2, 0.25) is 0 Å². The van der Waals surface area contributed by atoms with Crippen molar-refractivity contribution < 1.29 is 13.2 Å². The maximum absolute atomic E-state index is 12.9. The van der Waals surface area contributed by atoms with Crippen LogP contribution in [-0.2, 0) is 10.0 Å². The first-order chi connectivity index (χ1) is 12.8. The van der Waals surface area contributed by atoms with Crippen molar-refractivity contribution in [2.75, 3.05) is 11.8 Å². The molecule has 1 saturated carbocycles. The van der Waals surface area contributed by atoms with Crippen LogP contribution < -0.4 is 4.72 Å². The molecule has 1 fully saturated rings. The molecule has 1 amide bonds. The van der Waals surface area contributed by atoms with E-state index in [1.54, 1.807) is 49.2 Å². The second-order valence-corrected chi connectivity index (χ2v) is 8.96. The minimum atomic E-state index is -3.78. The highest BCUT2D eigenvalue weighted by Crippen LogP contribution is 2.26. The molecule has 1 aliphatic rings. The standard InChI is InChI=1S/C21H26N2O3S/c1-15-7-6-8-18(13-15)22-27(25,26)20-14-17(12-11-16(20)2)21(24)23(3)19-9-4-5-10-19/h6-8,11-14,19,22H,4-5,9-10H2,1-3H3. The number of anilines is 1. The second kappa shape index (κ2) is 7.72. The number of carbonyl (C=O) groups is 1. The summed E-state index contributed by atoms with van der Waals surface area (Å²) in [4.78, 5) is 14.7. The van der Waals surface area contributed by atoms with Gasteiger partial charge in [-0.1, -0.05) is 31.0 Å². The number of amides is 1. The largest absolute Gasteiger partial charge is 0.339 e. The Morgan fingerprint density at radius 2 is 1.78 bits per heavy atom. The second-order valence-electron chi connectivity index (χ2n) is 7.31. The van der Waals surface area contributed by atoms with E-state index in [-0.39, 0.29) is 16.8 Å². The zero-order valence-electron chi connectivity index (χ0n) is 16.0. The normalized spacial score (nSPS) is 14.9. The van der Waals surface area contributed by atoms with E-state index in [1.165, 1.54) is 6.07 Å². The number of aryl methyl sites for hydroxylation is 2. The fourth-order valence-corrected chi connectivity index (χ4v) is 4.92. The minimum Gasteiger partial charge on any atom is -0.339 e. The molecule has 144 valence electrons. The van der Waals surface area contributed by atoms with E-state index in [1.807, 2.05) is 13.0 Å². The van der Waals surface area contributed by atoms with Gasteiger partial charge in [-0.2, -0.15) is 0 Å². The van der Waals surface area contributed by atoms with Crippen LogP contribution in [0.3, 0.4) is 0 Å². The number of carbonyl (C=O) groups excluding carboxylic acids is 1. The molecule has 1 N–H and O–H groups in total. The summed E-state index contributed by atoms with van der Waals surface area (Å²) in [7, 11) is -1.98. The lowest BCUT2D eigenvalue weighted by Gasteiger charge is -2.24. The van der Waals surface area contributed by atoms with Gasteiger partial charge in [0.1, 0.15) is 0 Å². The number of rotatable bonds is 5. The topological polar surface area (TPSA) is 66.5 Å². The van der Waals surface area contributed by atoms with Crippen molar-refractivity contribution in [2.45, 2.75) is 50.5 Å². The Morgan fingerprint density at radius 1 is 1.07 bits per heavy atom. The van der Waals surface area contributed by atoms with Gasteiger partial charge in [-0.3, -0.25) is 9.52 Å². The monoisotopic (exact) mass is 386 g/mol. The van der Waals surface area contributed by atoms with E-state index < -0.39 is 10.0 Å². The van der Waals surface area contributed by atoms with Crippen molar-refractivity contribution in [3.63, 3.8) is 0 Å². The van der Waals surface area contributed by atoms with E-state index in [4.69, 9.17) is 0 Å². The predicted molar refractivity (Wildman–Crippen MR) is 108 cm³/mol. The van der Waals surface area contributed by atoms with Crippen LogP contribution in [0.5, 0.6) is 0 Å². The fourth-order valence-electron chi connectivity index (χ4n) is 3.60. The summed E-state index contributed by atoms with van der Waals surface area (Å²) in [6.07, 6.45) is 4.29. The molecule has 3 rings (SSSR count). The van der Waals surface area contributed by atoms with Gasteiger partial charge < -0.3 is 4.90 Å². The summed E-state index contributed by atoms with van der Waals surface area (Å²) in [5.41, 5.74) is 2.48. The zero-order valence-corrected chi connectivity index (χ0v) is 16.8. The van der Waals surface area contributed by atoms with Gasteiger partial charge >= 0.3 is 0 Å². The highest BCUT2D eigenvalue weighted by atomic mass is 32.2. The lowest BCUT2D eigenvalue weighted by atomic mass is 10.1. The van der Waals surface area contributed by atoms with Gasteiger partial charge in [-0.15, -0.1) is 0 Å². The van der Waals surface area contributed by atoms with Crippen LogP contribution in [0, 0.1) is 13.8 Å². The van der Waals surface area contributed by atoms with E-state index in [2.05, 4.69) is 4.72 Å². The molecule has 2 aromatic carbocycles. The number of hydrogen-bond acceptors (Lipinski definition) is 3. The van der Waals surface area contributed by atoms with Crippen molar-refractivity contribution in [3.05, 3.63) is 59.2 Å². The van der Waals surface area contributed by atoms with E-state index in [9.17, 15) is 13.2 Å². The summed E-state index contributed by atoms with van der Waals surface area (Å²) in [5, 5.41) is 0. The first kappa shape index (κ1) is 19.4. The highest BCUT2D eigenvalue weighted by molar-refractivity contribution is 7.92. The number of benzene rings is 2. The van der Waals surface area contributed by atoms with Gasteiger partial charge in [0, 0.05) is 24.3 Å². The smallest absolute Gasteiger partial charge is 0.262 e. The van der Waals surface area contributed by atoms with E-state index >= 15 is 0 Å². The van der Waals surface area contributed by atoms with Gasteiger partial charge in [0.25, 0.3) is 15.9 Å². The third-order valence-corrected chi connectivity index (χ3v) is 6.71. The SMILES string of the molecule is Cc1cccc(NS(=O)(=O)c2cc(C(=O)N(C)C3CCCC3)ccc2C)c1. The van der Waals surface area contributed by atoms with Crippen molar-refractivity contribution in [3.8, 4) is 0 Å². The number of nitrogens with one attached hydrogen (secondary N) is 1. The van der Waals surface area contributed by atoms with Gasteiger partial charge in [-0.25, -0.2) is 8.42 Å². The van der Waals surface area contributed by atoms with Crippen LogP contribution in [0.4, 0.5) is 5.69 Å². The van der Waals surface area contributed by atoms with Crippen LogP contribution in [0.15, 0.2) is 47.4 Å². The van der Waals surface area contributed by atoms with Crippen molar-refractivity contribution in [2.24, 2.45) is 0 Å². The molecule has 0 spiro atoms. The Kier molecular flexibility index (Phi) is 5.56. The lowest BCUT2D eigenvalue weighted by molar-refractivity contribution is 0.0735. The molecular weight excluding hydrogens is 360 g/mol. The average molecular weight is 387 g/mol. The third kappa shape index (κ3) is 4.33. The maximum atomic E-state index is 12.9. The molecule has 0 aromatic heterocycles. The molecule has 5 nitrogen and oxygen atoms in total. The molecule has 0 heterocycles. The summed E-state index contributed by atoms with van der Waals surface area (Å²) in [5.74, 6) is -0.131. The lowest BCUT2D eigenvalue weighted by Crippen LogP contribution is -2.35. The van der Waals surface area contributed by atoms with E-state index in [0.717, 1.165) is 31.2 Å². The Hall–Kier alpha value is -2.34. The highest BCUT2D eigenvalue weighted by Gasteiger charge is 2.26. The summed E-state index contributed by atoms with van der Waals surface area (Å²) >= 11 is 0. The third-order valence-electron chi connectivity index (χ3n) is 5.19. The molecule has 0 bridgehead atoms. The minimum absolute atomic E-state index is 0.131. The molecular formula is C21H26N2O3S. The molecule has 0 atom stereocenters. The van der Waals surface area contributed by atoms with E-state index in [0.29, 0.717) is 16.8 Å². The van der Waals surface area contributed by atoms with Crippen molar-refractivity contribution in [1.82, 2.24) is 4.90 Å². The molecule has 6 heteroatoms. The van der Waals surface area contributed by atoms with Gasteiger partial charge in [0.15, 0.2) is 0 Å². The Balaban J connectivity index is 1.89. The summed E-state index contributed by atoms with van der Waals surface area (Å²) < 4.78 is 28.4. The Bertz CT molecular complexity index is 948. The molecule has 0 aliphatic heterocycles. The Morgan fingerprint density at radius 3 is 2.44 bits per heavy atom. The first-order valence-corrected chi connectivity index (χ1v) is 10.7. The molecule has 2 aromatic rings. The number of sulfonamides is 1. The molecule has 27 heavy (non-hydrogen) atoms. The van der Waals surface area contributed by atoms with Crippen LogP contribution >= 0.6 is 0 Å². The fraction of sp³-hybridized carbons (Fsp3) is 0.381. The molecule has 0 radical (unpaired) electrons. The first-order valence-electron chi connectivity index (χ1n) is 9.25. The zero-order chi connectivity index (χ0) is 19.6. The number of hydrogen-bond donors (Lipinski definition) is 1. The summed E-state index contributed by atoms with van der Waals surface area (Å²) in [6, 6.07) is 12.3. The van der Waals surface area contributed by atoms with Crippen LogP contribution in [-0.4, -0.2) is 32.3 Å². The van der Waals surface area contributed by atoms with Crippen molar-refractivity contribution in [1.29, 1.82) is 0 Å². The van der Waals surface area contributed by atoms with Crippen LogP contribution in [0.25, 0.3) is 0 Å². The molecule has 1 aliphatic carbocycles. The van der Waals surface area contributed by atoms with Gasteiger partial charge in [0.2, 0.25) is 0 Å². The predicted octanol–water partition coefficient (Wildman–Crippen LogP) is 4.12. The number of nitrogens with zero attached hydrogens (tertiary/aromatic N) is 1. The van der Waals surface area contributed by atoms with Crippen LogP contribution in [0.1, 0.15) is 47.2 Å². The molecule has 0 saturated heterocycles. The maximum Gasteiger partial charge on any atom is 0.262 e. The Labute approximate surface area is 161 Å². The quantitative estimate of drug-likeness (QED) is 0.841. The average Bonchev–Trinajstić information content (AvgIpc) is 3.15. The van der Waals surface area contributed by atoms with Gasteiger partial charge in [-0.05, 0) is 62.1 Å². The summed E-state index contributed by atoms with van der Waals surface area (Å²) in [6.45, 7) is 3.64. The van der Waals surface area contributed by atoms with Gasteiger partial charge in [0.05, 0.1) is 4.90 Å². The molecule has 0 unspecified atom stereocenters. The van der Waals surface area contributed by atoms with Crippen molar-refractivity contribution >= 4 is 21.6 Å².